The lowest BCUT2D eigenvalue weighted by atomic mass is 9.88. The van der Waals surface area contributed by atoms with Gasteiger partial charge in [-0.2, -0.15) is 92.2 Å². The average Bonchev–Trinajstić information content (AvgIpc) is 2.62. The molecule has 216 valence electrons. The highest BCUT2D eigenvalue weighted by Crippen LogP contribution is 2.63. The maximum atomic E-state index is 13.3. The Balaban J connectivity index is 7.28. The van der Waals surface area contributed by atoms with E-state index in [0.717, 1.165) is 0 Å². The summed E-state index contributed by atoms with van der Waals surface area (Å²) in [5.74, 6) is -64.0. The van der Waals surface area contributed by atoms with E-state index in [4.69, 9.17) is 0 Å². The van der Waals surface area contributed by atoms with Crippen molar-refractivity contribution < 1.29 is 105 Å². The molecule has 0 heterocycles. The first-order valence-electron chi connectivity index (χ1n) is 7.29. The topological polar surface area (TPSA) is 0 Å². The fraction of sp³-hybridized carbons (Fsp3) is 0.833. The van der Waals surface area contributed by atoms with Crippen LogP contribution in [0.1, 0.15) is 0 Å². The molecule has 0 aliphatic carbocycles. The molecule has 0 amide bonds. The van der Waals surface area contributed by atoms with Crippen LogP contribution in [0.5, 0.6) is 0 Å². The second-order valence-electron chi connectivity index (χ2n) is 6.23. The van der Waals surface area contributed by atoms with Crippen LogP contribution in [0, 0.1) is 0 Å². The zero-order valence-electron chi connectivity index (χ0n) is 15.1. The SMILES string of the molecule is FC(=C(F)C(F)(F)C(F)(F)C(F)(C(F)(F)F)C(F)(F)F)C(F)(F)C(F)(F)C(F)(F)C(F)(F)C(F)(F)F. The first kappa shape index (κ1) is 34.1. The van der Waals surface area contributed by atoms with Gasteiger partial charge in [0, 0.05) is 0 Å². The predicted molar refractivity (Wildman–Crippen MR) is 60.9 cm³/mol. The molecule has 36 heavy (non-hydrogen) atoms. The van der Waals surface area contributed by atoms with Crippen molar-refractivity contribution in [2.24, 2.45) is 0 Å². The molecule has 0 atom stereocenters. The van der Waals surface area contributed by atoms with E-state index in [1.807, 2.05) is 0 Å². The molecule has 0 aromatic heterocycles. The average molecular weight is 600 g/mol. The minimum absolute atomic E-state index is 6.00. The monoisotopic (exact) mass is 600 g/mol. The third-order valence-corrected chi connectivity index (χ3v) is 3.89. The fourth-order valence-corrected chi connectivity index (χ4v) is 1.86. The van der Waals surface area contributed by atoms with E-state index in [9.17, 15) is 105 Å². The maximum absolute atomic E-state index is 13.3. The van der Waals surface area contributed by atoms with Crippen LogP contribution in [0.15, 0.2) is 11.7 Å². The number of hydrogen-bond acceptors (Lipinski definition) is 0. The second kappa shape index (κ2) is 8.28. The summed E-state index contributed by atoms with van der Waals surface area (Å²) in [6, 6.07) is 0. The third kappa shape index (κ3) is 4.18. The van der Waals surface area contributed by atoms with Crippen molar-refractivity contribution in [3.8, 4) is 0 Å². The van der Waals surface area contributed by atoms with Crippen LogP contribution in [-0.2, 0) is 0 Å². The van der Waals surface area contributed by atoms with E-state index in [1.54, 1.807) is 0 Å². The number of hydrogen-bond donors (Lipinski definition) is 0. The lowest BCUT2D eigenvalue weighted by molar-refractivity contribution is -0.424. The fourth-order valence-electron chi connectivity index (χ4n) is 1.86. The zero-order chi connectivity index (χ0) is 30.2. The van der Waals surface area contributed by atoms with Crippen molar-refractivity contribution in [2.75, 3.05) is 0 Å². The highest BCUT2D eigenvalue weighted by atomic mass is 19.4. The molecule has 0 rings (SSSR count). The zero-order valence-corrected chi connectivity index (χ0v) is 15.1. The summed E-state index contributed by atoms with van der Waals surface area (Å²) >= 11 is 0. The number of allylic oxidation sites excluding steroid dienone is 2. The second-order valence-corrected chi connectivity index (χ2v) is 6.23. The Kier molecular flexibility index (Phi) is 7.83. The molecule has 0 saturated heterocycles. The quantitative estimate of drug-likeness (QED) is 0.258. The standard InChI is InChI=1S/C12F24/c13-1(3(15,16)6(20,21)5(19,10(28,29)30)11(31,32)33)2(14)4(17,18)7(22,23)8(24,25)9(26,27)12(34,35)36. The van der Waals surface area contributed by atoms with Gasteiger partial charge in [-0.3, -0.25) is 0 Å². The van der Waals surface area contributed by atoms with Gasteiger partial charge in [-0.15, -0.1) is 0 Å². The number of rotatable bonds is 7. The summed E-state index contributed by atoms with van der Waals surface area (Å²) in [5, 5.41) is 0. The van der Waals surface area contributed by atoms with Gasteiger partial charge in [0.15, 0.2) is 0 Å². The molecular weight excluding hydrogens is 600 g/mol. The highest BCUT2D eigenvalue weighted by molar-refractivity contribution is 5.28. The lowest BCUT2D eigenvalue weighted by Crippen LogP contribution is -2.70. The van der Waals surface area contributed by atoms with Crippen LogP contribution in [0.25, 0.3) is 0 Å². The largest absolute Gasteiger partial charge is 0.460 e. The van der Waals surface area contributed by atoms with Gasteiger partial charge in [-0.05, 0) is 0 Å². The van der Waals surface area contributed by atoms with Gasteiger partial charge in [0.05, 0.1) is 0 Å². The normalized spacial score (nSPS) is 17.3. The Morgan fingerprint density at radius 3 is 0.750 bits per heavy atom. The highest BCUT2D eigenvalue weighted by Gasteiger charge is 2.92. The Morgan fingerprint density at radius 1 is 0.278 bits per heavy atom. The van der Waals surface area contributed by atoms with Gasteiger partial charge in [-0.25, -0.2) is 13.2 Å². The molecule has 0 fully saturated rings. The predicted octanol–water partition coefficient (Wildman–Crippen LogP) is 8.34. The Labute approximate surface area is 178 Å². The molecule has 0 spiro atoms. The van der Waals surface area contributed by atoms with E-state index in [1.165, 1.54) is 0 Å². The first-order chi connectivity index (χ1) is 15.1. The van der Waals surface area contributed by atoms with Crippen molar-refractivity contribution in [1.82, 2.24) is 0 Å². The van der Waals surface area contributed by atoms with Gasteiger partial charge in [-0.1, -0.05) is 0 Å². The molecule has 0 aromatic carbocycles. The van der Waals surface area contributed by atoms with Gasteiger partial charge >= 0.3 is 59.7 Å². The van der Waals surface area contributed by atoms with Gasteiger partial charge in [0.25, 0.3) is 0 Å². The molecule has 0 aliphatic rings. The van der Waals surface area contributed by atoms with Crippen molar-refractivity contribution in [3.63, 3.8) is 0 Å². The smallest absolute Gasteiger partial charge is 0.216 e. The summed E-state index contributed by atoms with van der Waals surface area (Å²) in [6.07, 6.45) is -24.6. The minimum Gasteiger partial charge on any atom is -0.216 e. The van der Waals surface area contributed by atoms with Gasteiger partial charge in [0.2, 0.25) is 11.7 Å². The summed E-state index contributed by atoms with van der Waals surface area (Å²) in [7, 11) is 0. The van der Waals surface area contributed by atoms with E-state index in [0.29, 0.717) is 0 Å². The molecule has 0 nitrogen and oxygen atoms in total. The van der Waals surface area contributed by atoms with E-state index < -0.39 is 71.4 Å². The molecule has 0 N–H and O–H groups in total. The molecule has 0 saturated carbocycles. The van der Waals surface area contributed by atoms with Crippen molar-refractivity contribution in [1.29, 1.82) is 0 Å². The molecule has 24 heteroatoms. The number of halogens is 24. The molecule has 0 radical (unpaired) electrons. The van der Waals surface area contributed by atoms with Crippen LogP contribution < -0.4 is 0 Å². The van der Waals surface area contributed by atoms with Gasteiger partial charge in [0.1, 0.15) is 0 Å². The molecular formula is C12F24. The van der Waals surface area contributed by atoms with Crippen LogP contribution in [0.2, 0.25) is 0 Å². The molecule has 0 aliphatic heterocycles. The van der Waals surface area contributed by atoms with E-state index in [-0.39, 0.29) is 0 Å². The number of alkyl halides is 22. The van der Waals surface area contributed by atoms with Crippen molar-refractivity contribution >= 4 is 0 Å². The lowest BCUT2D eigenvalue weighted by Gasteiger charge is -2.39. The Hall–Kier alpha value is -1.94. The molecule has 0 bridgehead atoms. The Bertz CT molecular complexity index is 830. The Morgan fingerprint density at radius 2 is 0.528 bits per heavy atom. The summed E-state index contributed by atoms with van der Waals surface area (Å²) in [5.41, 5.74) is -8.74. The third-order valence-electron chi connectivity index (χ3n) is 3.89. The van der Waals surface area contributed by atoms with Crippen LogP contribution >= 0.6 is 0 Å². The van der Waals surface area contributed by atoms with E-state index >= 15 is 0 Å². The first-order valence-corrected chi connectivity index (χ1v) is 7.29. The van der Waals surface area contributed by atoms with Crippen LogP contribution in [0.3, 0.4) is 0 Å². The molecule has 0 unspecified atom stereocenters. The minimum atomic E-state index is -8.90. The summed E-state index contributed by atoms with van der Waals surface area (Å²) in [4.78, 5) is 0. The molecule has 0 aromatic rings. The van der Waals surface area contributed by atoms with Crippen LogP contribution in [0.4, 0.5) is 105 Å². The maximum Gasteiger partial charge on any atom is 0.460 e. The van der Waals surface area contributed by atoms with Crippen molar-refractivity contribution in [3.05, 3.63) is 11.7 Å². The van der Waals surface area contributed by atoms with Crippen LogP contribution in [-0.4, -0.2) is 59.7 Å². The summed E-state index contributed by atoms with van der Waals surface area (Å²) < 4.78 is 305. The van der Waals surface area contributed by atoms with Crippen molar-refractivity contribution in [2.45, 2.75) is 59.7 Å². The summed E-state index contributed by atoms with van der Waals surface area (Å²) in [6.45, 7) is 0. The van der Waals surface area contributed by atoms with Gasteiger partial charge < -0.3 is 0 Å². The van der Waals surface area contributed by atoms with E-state index in [2.05, 4.69) is 0 Å².